The molecule has 5 rings (SSSR count). The third-order valence-corrected chi connectivity index (χ3v) is 6.51. The monoisotopic (exact) mass is 526 g/mol. The van der Waals surface area contributed by atoms with Crippen molar-refractivity contribution in [2.75, 3.05) is 18.6 Å². The second-order valence-corrected chi connectivity index (χ2v) is 10.6. The van der Waals surface area contributed by atoms with E-state index >= 15 is 0 Å². The molecule has 4 heterocycles. The molecule has 194 valence electrons. The van der Waals surface area contributed by atoms with Crippen LogP contribution in [0.2, 0.25) is 0 Å². The van der Waals surface area contributed by atoms with Gasteiger partial charge in [-0.2, -0.15) is 10.2 Å². The number of amides is 1. The van der Waals surface area contributed by atoms with E-state index in [1.165, 1.54) is 10.9 Å². The molecule has 0 aliphatic heterocycles. The second-order valence-electron chi connectivity index (χ2n) is 8.74. The number of ether oxygens (including phenoxy) is 1. The molecule has 1 atom stereocenters. The van der Waals surface area contributed by atoms with Gasteiger partial charge in [-0.25, -0.2) is 4.68 Å². The molecule has 1 aliphatic carbocycles. The van der Waals surface area contributed by atoms with E-state index in [1.54, 1.807) is 24.5 Å². The van der Waals surface area contributed by atoms with Crippen LogP contribution in [0, 0.1) is 0 Å². The van der Waals surface area contributed by atoms with Gasteiger partial charge in [0.05, 0.1) is 35.3 Å². The zero-order valence-corrected chi connectivity index (χ0v) is 21.2. The van der Waals surface area contributed by atoms with E-state index in [9.17, 15) is 14.3 Å². The van der Waals surface area contributed by atoms with E-state index in [0.29, 0.717) is 35.0 Å². The van der Waals surface area contributed by atoms with E-state index in [1.807, 2.05) is 36.0 Å². The summed E-state index contributed by atoms with van der Waals surface area (Å²) in [5.74, 6) is 0.0797. The Kier molecular flexibility index (Phi) is 7.07. The van der Waals surface area contributed by atoms with Gasteiger partial charge < -0.3 is 19.4 Å². The fraction of sp³-hybridized carbons (Fsp3) is 0.333. The highest BCUT2D eigenvalue weighted by atomic mass is 31.2. The molecule has 0 spiro atoms. The Bertz CT molecular complexity index is 1420. The van der Waals surface area contributed by atoms with Gasteiger partial charge in [0, 0.05) is 31.9 Å². The van der Waals surface area contributed by atoms with Crippen molar-refractivity contribution in [3.63, 3.8) is 0 Å². The summed E-state index contributed by atoms with van der Waals surface area (Å²) in [6.07, 6.45) is 8.54. The van der Waals surface area contributed by atoms with Crippen molar-refractivity contribution in [3.8, 4) is 22.7 Å². The highest BCUT2D eigenvalue weighted by Gasteiger charge is 2.32. The van der Waals surface area contributed by atoms with E-state index < -0.39 is 13.5 Å². The third kappa shape index (κ3) is 5.89. The number of furan rings is 1. The summed E-state index contributed by atoms with van der Waals surface area (Å²) < 4.78 is 30.8. The molecule has 1 saturated carbocycles. The summed E-state index contributed by atoms with van der Waals surface area (Å²) in [6, 6.07) is 8.93. The zero-order chi connectivity index (χ0) is 26.0. The molecule has 4 aromatic heterocycles. The summed E-state index contributed by atoms with van der Waals surface area (Å²) in [5, 5.41) is 11.7. The molecule has 12 nitrogen and oxygen atoms in total. The third-order valence-electron chi connectivity index (χ3n) is 5.91. The van der Waals surface area contributed by atoms with Crippen molar-refractivity contribution in [3.05, 3.63) is 60.9 Å². The number of aromatic nitrogens is 5. The standard InChI is InChI=1S/C24H27N6O6P/c1-3-34-18-10-17(11-18)30-14-20(23(28-30)19-6-4-5-9-25-19)27-24(31)22-8-7-21(36-22)16-12-26-29(13-16)15-35-37(2,32)33/h4-9,12-14,17-18H,3,10-11,15H2,1-2H3,(H,27,31)(H,32,33). The minimum Gasteiger partial charge on any atom is -0.451 e. The lowest BCUT2D eigenvalue weighted by Crippen LogP contribution is -2.33. The van der Waals surface area contributed by atoms with Gasteiger partial charge >= 0.3 is 7.60 Å². The average Bonchev–Trinajstić information content (AvgIpc) is 3.59. The van der Waals surface area contributed by atoms with Crippen LogP contribution in [0.15, 0.2) is 59.5 Å². The Morgan fingerprint density at radius 3 is 2.84 bits per heavy atom. The van der Waals surface area contributed by atoms with Crippen LogP contribution in [0.3, 0.4) is 0 Å². The molecule has 1 aliphatic rings. The maximum Gasteiger partial charge on any atom is 0.326 e. The van der Waals surface area contributed by atoms with Gasteiger partial charge in [-0.05, 0) is 44.0 Å². The lowest BCUT2D eigenvalue weighted by atomic mass is 9.89. The summed E-state index contributed by atoms with van der Waals surface area (Å²) in [7, 11) is -3.63. The predicted molar refractivity (Wildman–Crippen MR) is 134 cm³/mol. The predicted octanol–water partition coefficient (Wildman–Crippen LogP) is 4.18. The van der Waals surface area contributed by atoms with Gasteiger partial charge in [0.2, 0.25) is 0 Å². The van der Waals surface area contributed by atoms with E-state index in [0.717, 1.165) is 19.5 Å². The van der Waals surface area contributed by atoms with Crippen molar-refractivity contribution < 1.29 is 27.9 Å². The Morgan fingerprint density at radius 2 is 2.11 bits per heavy atom. The molecule has 37 heavy (non-hydrogen) atoms. The van der Waals surface area contributed by atoms with Crippen LogP contribution in [0.25, 0.3) is 22.7 Å². The Hall–Kier alpha value is -3.57. The molecule has 1 amide bonds. The van der Waals surface area contributed by atoms with Crippen LogP contribution in [0.5, 0.6) is 0 Å². The van der Waals surface area contributed by atoms with Crippen LogP contribution in [0.4, 0.5) is 5.69 Å². The Morgan fingerprint density at radius 1 is 1.27 bits per heavy atom. The van der Waals surface area contributed by atoms with Gasteiger partial charge in [0.25, 0.3) is 5.91 Å². The number of hydrogen-bond donors (Lipinski definition) is 2. The van der Waals surface area contributed by atoms with Crippen molar-refractivity contribution in [1.82, 2.24) is 24.5 Å². The number of anilines is 1. The summed E-state index contributed by atoms with van der Waals surface area (Å²) >= 11 is 0. The topological polar surface area (TPSA) is 147 Å². The van der Waals surface area contributed by atoms with Crippen molar-refractivity contribution >= 4 is 19.2 Å². The first-order valence-corrected chi connectivity index (χ1v) is 13.8. The number of nitrogens with one attached hydrogen (secondary N) is 1. The SMILES string of the molecule is CCOC1CC(n2cc(NC(=O)c3ccc(-c4cnn(COP(C)(=O)O)c4)o3)c(-c3ccccn3)n2)C1. The normalized spacial score (nSPS) is 18.8. The van der Waals surface area contributed by atoms with Crippen LogP contribution >= 0.6 is 7.60 Å². The first kappa shape index (κ1) is 25.1. The molecule has 0 aromatic carbocycles. The number of nitrogens with zero attached hydrogens (tertiary/aromatic N) is 5. The molecular formula is C24H27N6O6P. The lowest BCUT2D eigenvalue weighted by molar-refractivity contribution is -0.0226. The lowest BCUT2D eigenvalue weighted by Gasteiger charge is -2.34. The van der Waals surface area contributed by atoms with Gasteiger partial charge in [-0.15, -0.1) is 0 Å². The fourth-order valence-electron chi connectivity index (χ4n) is 4.01. The van der Waals surface area contributed by atoms with Crippen LogP contribution in [-0.2, 0) is 20.6 Å². The molecular weight excluding hydrogens is 499 g/mol. The molecule has 13 heteroatoms. The summed E-state index contributed by atoms with van der Waals surface area (Å²) in [5.41, 5.74) is 2.33. The second kappa shape index (κ2) is 10.4. The van der Waals surface area contributed by atoms with E-state index in [4.69, 9.17) is 18.8 Å². The van der Waals surface area contributed by atoms with E-state index in [-0.39, 0.29) is 24.6 Å². The minimum absolute atomic E-state index is 0.104. The molecule has 1 unspecified atom stereocenters. The Labute approximate surface area is 212 Å². The largest absolute Gasteiger partial charge is 0.451 e. The van der Waals surface area contributed by atoms with Crippen molar-refractivity contribution in [2.24, 2.45) is 0 Å². The molecule has 0 radical (unpaired) electrons. The average molecular weight is 526 g/mol. The minimum atomic E-state index is -3.63. The molecule has 2 N–H and O–H groups in total. The van der Waals surface area contributed by atoms with Gasteiger partial charge in [-0.1, -0.05) is 6.07 Å². The number of hydrogen-bond acceptors (Lipinski definition) is 8. The highest BCUT2D eigenvalue weighted by molar-refractivity contribution is 7.51. The first-order chi connectivity index (χ1) is 17.8. The maximum absolute atomic E-state index is 13.1. The van der Waals surface area contributed by atoms with Gasteiger partial charge in [0.1, 0.15) is 18.2 Å². The molecule has 1 fully saturated rings. The van der Waals surface area contributed by atoms with Gasteiger partial charge in [-0.3, -0.25) is 23.5 Å². The molecule has 0 bridgehead atoms. The zero-order valence-electron chi connectivity index (χ0n) is 20.4. The quantitative estimate of drug-likeness (QED) is 0.290. The van der Waals surface area contributed by atoms with Gasteiger partial charge in [0.15, 0.2) is 5.76 Å². The van der Waals surface area contributed by atoms with Crippen LogP contribution in [0.1, 0.15) is 36.4 Å². The molecule has 4 aromatic rings. The van der Waals surface area contributed by atoms with Crippen molar-refractivity contribution in [1.29, 1.82) is 0 Å². The van der Waals surface area contributed by atoms with E-state index in [2.05, 4.69) is 15.4 Å². The number of rotatable bonds is 10. The number of pyridine rings is 1. The fourth-order valence-corrected chi connectivity index (χ4v) is 4.35. The number of carbonyl (C=O) groups is 1. The summed E-state index contributed by atoms with van der Waals surface area (Å²) in [4.78, 5) is 26.8. The van der Waals surface area contributed by atoms with Crippen molar-refractivity contribution in [2.45, 2.75) is 38.6 Å². The first-order valence-electron chi connectivity index (χ1n) is 11.8. The Balaban J connectivity index is 1.32. The van der Waals surface area contributed by atoms with Crippen LogP contribution < -0.4 is 5.32 Å². The maximum atomic E-state index is 13.1. The van der Waals surface area contributed by atoms with Crippen LogP contribution in [-0.4, -0.2) is 54.7 Å². The smallest absolute Gasteiger partial charge is 0.326 e. The molecule has 0 saturated heterocycles. The summed E-state index contributed by atoms with van der Waals surface area (Å²) in [6.45, 7) is 3.57. The highest BCUT2D eigenvalue weighted by Crippen LogP contribution is 2.38. The number of carbonyl (C=O) groups excluding carboxylic acids is 1.